The highest BCUT2D eigenvalue weighted by atomic mass is 16.1. The van der Waals surface area contributed by atoms with E-state index in [1.165, 1.54) is 0 Å². The molecule has 0 saturated heterocycles. The quantitative estimate of drug-likeness (QED) is 0.297. The number of para-hydroxylation sites is 1. The molecule has 0 saturated carbocycles. The van der Waals surface area contributed by atoms with Crippen molar-refractivity contribution in [2.75, 3.05) is 0 Å². The molecule has 8 heteroatoms. The number of nitrogens with one attached hydrogen (secondary N) is 1. The fraction of sp³-hybridized carbons (Fsp3) is 0.276. The van der Waals surface area contributed by atoms with Crippen LogP contribution in [-0.2, 0) is 13.0 Å². The van der Waals surface area contributed by atoms with Gasteiger partial charge in [0.05, 0.1) is 17.9 Å². The van der Waals surface area contributed by atoms with Gasteiger partial charge in [0.2, 0.25) is 5.82 Å². The Bertz CT molecular complexity index is 1530. The molecule has 0 unspecified atom stereocenters. The van der Waals surface area contributed by atoms with Crippen LogP contribution in [0.2, 0.25) is 0 Å². The second kappa shape index (κ2) is 10.7. The monoisotopic (exact) mass is 493 g/mol. The normalized spacial score (nSPS) is 11.4. The third kappa shape index (κ3) is 5.00. The zero-order valence-electron chi connectivity index (χ0n) is 21.4. The minimum absolute atomic E-state index is 0.0225. The molecule has 0 amide bonds. The standard InChI is InChI=1S/C29H31N7O/c1-4-5-10-22-19-36(27-14-9-8-11-23(27)20(2)3)29(37)35(22)18-21-15-16-26(30-17-21)24-12-6-7-13-25(24)28-31-33-34-32-28/h6-9,11-17,19-20H,4-5,10,18H2,1-3H3,(H,31,32,33,34). The summed E-state index contributed by atoms with van der Waals surface area (Å²) in [5, 5.41) is 14.4. The lowest BCUT2D eigenvalue weighted by molar-refractivity contribution is 0.672. The number of hydrogen-bond acceptors (Lipinski definition) is 5. The molecular formula is C29H31N7O. The second-order valence-electron chi connectivity index (χ2n) is 9.51. The molecular weight excluding hydrogens is 462 g/mol. The number of unbranched alkanes of at least 4 members (excludes halogenated alkanes) is 1. The van der Waals surface area contributed by atoms with Gasteiger partial charge in [0.25, 0.3) is 0 Å². The summed E-state index contributed by atoms with van der Waals surface area (Å²) in [5.41, 5.74) is 6.69. The first kappa shape index (κ1) is 24.4. The molecule has 0 bridgehead atoms. The van der Waals surface area contributed by atoms with Crippen LogP contribution in [0.25, 0.3) is 28.3 Å². The molecule has 0 spiro atoms. The summed E-state index contributed by atoms with van der Waals surface area (Å²) in [7, 11) is 0. The first-order valence-electron chi connectivity index (χ1n) is 12.7. The van der Waals surface area contributed by atoms with Crippen molar-refractivity contribution in [1.29, 1.82) is 0 Å². The number of rotatable bonds is 9. The lowest BCUT2D eigenvalue weighted by Crippen LogP contribution is -2.25. The summed E-state index contributed by atoms with van der Waals surface area (Å²) in [6, 6.07) is 20.0. The zero-order valence-corrected chi connectivity index (χ0v) is 21.4. The van der Waals surface area contributed by atoms with E-state index in [4.69, 9.17) is 4.98 Å². The van der Waals surface area contributed by atoms with E-state index in [2.05, 4.69) is 47.5 Å². The molecule has 0 radical (unpaired) electrons. The number of H-pyrrole nitrogens is 1. The van der Waals surface area contributed by atoms with Crippen LogP contribution in [0.5, 0.6) is 0 Å². The van der Waals surface area contributed by atoms with E-state index in [0.717, 1.165) is 58.6 Å². The number of hydrogen-bond donors (Lipinski definition) is 1. The molecule has 5 rings (SSSR count). The van der Waals surface area contributed by atoms with Crippen LogP contribution in [0.1, 0.15) is 56.4 Å². The Hall–Kier alpha value is -4.33. The van der Waals surface area contributed by atoms with E-state index in [1.807, 2.05) is 76.1 Å². The molecule has 0 aliphatic carbocycles. The summed E-state index contributed by atoms with van der Waals surface area (Å²) in [5.74, 6) is 0.842. The van der Waals surface area contributed by atoms with Gasteiger partial charge in [-0.3, -0.25) is 14.1 Å². The third-order valence-electron chi connectivity index (χ3n) is 6.62. The summed E-state index contributed by atoms with van der Waals surface area (Å²) in [6.07, 6.45) is 6.81. The first-order valence-corrected chi connectivity index (χ1v) is 12.7. The lowest BCUT2D eigenvalue weighted by atomic mass is 10.0. The molecule has 0 atom stereocenters. The first-order chi connectivity index (χ1) is 18.1. The van der Waals surface area contributed by atoms with Crippen molar-refractivity contribution in [3.8, 4) is 28.3 Å². The van der Waals surface area contributed by atoms with Crippen LogP contribution < -0.4 is 5.69 Å². The van der Waals surface area contributed by atoms with Crippen LogP contribution in [0.15, 0.2) is 77.9 Å². The van der Waals surface area contributed by atoms with E-state index < -0.39 is 0 Å². The fourth-order valence-corrected chi connectivity index (χ4v) is 4.66. The van der Waals surface area contributed by atoms with Crippen LogP contribution in [0.3, 0.4) is 0 Å². The minimum Gasteiger partial charge on any atom is -0.292 e. The average molecular weight is 494 g/mol. The second-order valence-corrected chi connectivity index (χ2v) is 9.51. The van der Waals surface area contributed by atoms with Crippen molar-refractivity contribution in [2.24, 2.45) is 0 Å². The number of nitrogens with zero attached hydrogens (tertiary/aromatic N) is 6. The van der Waals surface area contributed by atoms with Crippen LogP contribution in [-0.4, -0.2) is 34.7 Å². The molecule has 3 aromatic heterocycles. The molecule has 0 aliphatic rings. The number of pyridine rings is 1. The predicted octanol–water partition coefficient (Wildman–Crippen LogP) is 5.40. The minimum atomic E-state index is -0.0225. The van der Waals surface area contributed by atoms with Gasteiger partial charge in [0.1, 0.15) is 0 Å². The highest BCUT2D eigenvalue weighted by molar-refractivity contribution is 5.78. The van der Waals surface area contributed by atoms with Gasteiger partial charge in [0, 0.05) is 29.2 Å². The van der Waals surface area contributed by atoms with E-state index in [9.17, 15) is 4.79 Å². The maximum absolute atomic E-state index is 13.7. The number of aromatic amines is 1. The van der Waals surface area contributed by atoms with E-state index in [1.54, 1.807) is 0 Å². The SMILES string of the molecule is CCCCc1cn(-c2ccccc2C(C)C)c(=O)n1Cc1ccc(-c2ccccc2-c2nn[nH]n2)nc1. The van der Waals surface area contributed by atoms with Crippen molar-refractivity contribution in [1.82, 2.24) is 34.7 Å². The highest BCUT2D eigenvalue weighted by Crippen LogP contribution is 2.28. The number of tetrazole rings is 1. The maximum Gasteiger partial charge on any atom is 0.333 e. The lowest BCUT2D eigenvalue weighted by Gasteiger charge is -2.12. The molecule has 0 aliphatic heterocycles. The molecule has 0 fully saturated rings. The topological polar surface area (TPSA) is 94.3 Å². The smallest absolute Gasteiger partial charge is 0.292 e. The number of aromatic nitrogens is 7. The van der Waals surface area contributed by atoms with E-state index in [-0.39, 0.29) is 5.69 Å². The zero-order chi connectivity index (χ0) is 25.8. The van der Waals surface area contributed by atoms with Gasteiger partial charge in [-0.25, -0.2) is 4.79 Å². The molecule has 2 aromatic carbocycles. The van der Waals surface area contributed by atoms with Crippen LogP contribution in [0, 0.1) is 0 Å². The molecule has 1 N–H and O–H groups in total. The van der Waals surface area contributed by atoms with Crippen LogP contribution >= 0.6 is 0 Å². The van der Waals surface area contributed by atoms with Crippen molar-refractivity contribution in [3.05, 3.63) is 100 Å². The molecule has 37 heavy (non-hydrogen) atoms. The highest BCUT2D eigenvalue weighted by Gasteiger charge is 2.17. The summed E-state index contributed by atoms with van der Waals surface area (Å²) in [6.45, 7) is 6.95. The molecule has 8 nitrogen and oxygen atoms in total. The van der Waals surface area contributed by atoms with Crippen LogP contribution in [0.4, 0.5) is 0 Å². The number of aryl methyl sites for hydroxylation is 1. The predicted molar refractivity (Wildman–Crippen MR) is 145 cm³/mol. The Labute approximate surface area is 216 Å². The Morgan fingerprint density at radius 1 is 0.973 bits per heavy atom. The number of imidazole rings is 1. The summed E-state index contributed by atoms with van der Waals surface area (Å²) < 4.78 is 3.69. The largest absolute Gasteiger partial charge is 0.333 e. The van der Waals surface area contributed by atoms with Crippen molar-refractivity contribution in [2.45, 2.75) is 52.5 Å². The average Bonchev–Trinajstić information content (AvgIpc) is 3.57. The van der Waals surface area contributed by atoms with Crippen molar-refractivity contribution >= 4 is 0 Å². The van der Waals surface area contributed by atoms with Gasteiger partial charge in [0.15, 0.2) is 0 Å². The fourth-order valence-electron chi connectivity index (χ4n) is 4.66. The maximum atomic E-state index is 13.7. The Morgan fingerprint density at radius 3 is 2.46 bits per heavy atom. The van der Waals surface area contributed by atoms with Gasteiger partial charge >= 0.3 is 5.69 Å². The van der Waals surface area contributed by atoms with Gasteiger partial charge in [-0.15, -0.1) is 10.2 Å². The van der Waals surface area contributed by atoms with Gasteiger partial charge < -0.3 is 0 Å². The molecule has 188 valence electrons. The van der Waals surface area contributed by atoms with Gasteiger partial charge in [-0.1, -0.05) is 75.7 Å². The summed E-state index contributed by atoms with van der Waals surface area (Å²) >= 11 is 0. The van der Waals surface area contributed by atoms with E-state index >= 15 is 0 Å². The van der Waals surface area contributed by atoms with Gasteiger partial charge in [-0.05, 0) is 47.2 Å². The van der Waals surface area contributed by atoms with Crippen molar-refractivity contribution < 1.29 is 0 Å². The van der Waals surface area contributed by atoms with Crippen molar-refractivity contribution in [3.63, 3.8) is 0 Å². The molecule has 3 heterocycles. The van der Waals surface area contributed by atoms with Gasteiger partial charge in [-0.2, -0.15) is 5.21 Å². The third-order valence-corrected chi connectivity index (χ3v) is 6.62. The number of benzene rings is 2. The van der Waals surface area contributed by atoms with E-state index in [0.29, 0.717) is 18.3 Å². The molecule has 5 aromatic rings. The Morgan fingerprint density at radius 2 is 1.76 bits per heavy atom. The summed E-state index contributed by atoms with van der Waals surface area (Å²) in [4.78, 5) is 18.4. The Balaban J connectivity index is 1.49. The Kier molecular flexibility index (Phi) is 7.07.